The van der Waals surface area contributed by atoms with Gasteiger partial charge >= 0.3 is 12.2 Å². The lowest BCUT2D eigenvalue weighted by Crippen LogP contribution is -2.45. The van der Waals surface area contributed by atoms with Gasteiger partial charge in [0.25, 0.3) is 0 Å². The van der Waals surface area contributed by atoms with E-state index in [0.717, 1.165) is 37.5 Å². The number of hydrogen-bond acceptors (Lipinski definition) is 3. The van der Waals surface area contributed by atoms with Crippen molar-refractivity contribution in [3.05, 3.63) is 59.1 Å². The third-order valence-electron chi connectivity index (χ3n) is 5.08. The molecule has 0 radical (unpaired) electrons. The molecule has 0 unspecified atom stereocenters. The number of alkyl halides is 3. The number of carbonyl (C=O) groups is 1. The van der Waals surface area contributed by atoms with Gasteiger partial charge in [-0.2, -0.15) is 13.2 Å². The third-order valence-corrected chi connectivity index (χ3v) is 5.69. The second kappa shape index (κ2) is 13.4. The summed E-state index contributed by atoms with van der Waals surface area (Å²) in [6.45, 7) is 8.04. The molecule has 2 rings (SSSR count). The average Bonchev–Trinajstić information content (AvgIpc) is 2.79. The normalized spacial score (nSPS) is 11.3. The molecule has 0 atom stereocenters. The smallest absolute Gasteiger partial charge is 0.346 e. The van der Waals surface area contributed by atoms with Crippen LogP contribution in [-0.4, -0.2) is 60.2 Å². The Morgan fingerprint density at radius 1 is 0.971 bits per heavy atom. The lowest BCUT2D eigenvalue weighted by atomic mass is 10.2. The molecule has 2 aromatic rings. The number of anilines is 2. The average molecular weight is 516 g/mol. The Morgan fingerprint density at radius 2 is 1.65 bits per heavy atom. The summed E-state index contributed by atoms with van der Waals surface area (Å²) in [6.07, 6.45) is -4.48. The van der Waals surface area contributed by atoms with E-state index in [1.807, 2.05) is 17.0 Å². The summed E-state index contributed by atoms with van der Waals surface area (Å²) in [6, 6.07) is 11.0. The Hall–Kier alpha value is -2.56. The number of nitrogens with zero attached hydrogens (tertiary/aromatic N) is 2. The Morgan fingerprint density at radius 3 is 2.26 bits per heavy atom. The number of rotatable bonds is 10. The largest absolute Gasteiger partial charge is 0.416 e. The second-order valence-corrected chi connectivity index (χ2v) is 8.23. The van der Waals surface area contributed by atoms with Gasteiger partial charge in [-0.15, -0.1) is 0 Å². The van der Waals surface area contributed by atoms with Gasteiger partial charge in [0.15, 0.2) is 5.11 Å². The van der Waals surface area contributed by atoms with Crippen LogP contribution in [0.2, 0.25) is 5.02 Å². The van der Waals surface area contributed by atoms with E-state index in [1.165, 1.54) is 12.1 Å². The highest BCUT2D eigenvalue weighted by Crippen LogP contribution is 2.30. The van der Waals surface area contributed by atoms with Crippen LogP contribution < -0.4 is 16.0 Å². The van der Waals surface area contributed by atoms with Gasteiger partial charge in [0.05, 0.1) is 5.56 Å². The minimum atomic E-state index is -4.48. The van der Waals surface area contributed by atoms with Crippen LogP contribution in [-0.2, 0) is 6.18 Å². The summed E-state index contributed by atoms with van der Waals surface area (Å²) in [7, 11) is 0. The van der Waals surface area contributed by atoms with E-state index in [2.05, 4.69) is 34.7 Å². The zero-order chi connectivity index (χ0) is 25.1. The highest BCUT2D eigenvalue weighted by atomic mass is 35.5. The van der Waals surface area contributed by atoms with Gasteiger partial charge in [0, 0.05) is 42.6 Å². The molecule has 11 heteroatoms. The number of likely N-dealkylation sites (N-methyl/N-ethyl adjacent to an activating group) is 1. The van der Waals surface area contributed by atoms with Gasteiger partial charge in [-0.3, -0.25) is 0 Å². The van der Waals surface area contributed by atoms with Crippen LogP contribution in [0.5, 0.6) is 0 Å². The standard InChI is InChI=1S/C23H29ClF3N5OS/c1-3-31(4-2)14-15-32(22(34)30-19-10-8-18(24)9-11-19)13-12-28-21(33)29-20-7-5-6-17(16-20)23(25,26)27/h5-11,16H,3-4,12-15H2,1-2H3,(H,30,34)(H2,28,29,33). The maximum atomic E-state index is 12.9. The van der Waals surface area contributed by atoms with Crippen LogP contribution in [0.4, 0.5) is 29.3 Å². The molecule has 34 heavy (non-hydrogen) atoms. The predicted octanol–water partition coefficient (Wildman–Crippen LogP) is 5.52. The Labute approximate surface area is 208 Å². The fourth-order valence-corrected chi connectivity index (χ4v) is 3.53. The molecular formula is C23H29ClF3N5OS. The van der Waals surface area contributed by atoms with Crippen LogP contribution in [0.3, 0.4) is 0 Å². The first-order valence-electron chi connectivity index (χ1n) is 10.9. The molecule has 0 saturated carbocycles. The second-order valence-electron chi connectivity index (χ2n) is 7.41. The van der Waals surface area contributed by atoms with Crippen molar-refractivity contribution in [2.45, 2.75) is 20.0 Å². The first-order valence-corrected chi connectivity index (χ1v) is 11.7. The summed E-state index contributed by atoms with van der Waals surface area (Å²) in [4.78, 5) is 16.4. The van der Waals surface area contributed by atoms with Crippen LogP contribution in [0.25, 0.3) is 0 Å². The molecule has 2 amide bonds. The predicted molar refractivity (Wildman–Crippen MR) is 135 cm³/mol. The molecule has 2 aromatic carbocycles. The molecule has 0 aromatic heterocycles. The minimum Gasteiger partial charge on any atom is -0.346 e. The molecule has 0 saturated heterocycles. The highest BCUT2D eigenvalue weighted by Gasteiger charge is 2.30. The Kier molecular flexibility index (Phi) is 10.9. The molecule has 0 aliphatic rings. The van der Waals surface area contributed by atoms with Crippen molar-refractivity contribution in [3.63, 3.8) is 0 Å². The molecule has 186 valence electrons. The number of amides is 2. The van der Waals surface area contributed by atoms with E-state index in [-0.39, 0.29) is 12.2 Å². The Balaban J connectivity index is 1.94. The number of thiocarbonyl (C=S) groups is 1. The number of benzene rings is 2. The molecular weight excluding hydrogens is 487 g/mol. The molecule has 6 nitrogen and oxygen atoms in total. The van der Waals surface area contributed by atoms with Crippen LogP contribution in [0.1, 0.15) is 19.4 Å². The monoisotopic (exact) mass is 515 g/mol. The van der Waals surface area contributed by atoms with E-state index in [9.17, 15) is 18.0 Å². The first kappa shape index (κ1) is 27.7. The number of hydrogen-bond donors (Lipinski definition) is 3. The zero-order valence-electron chi connectivity index (χ0n) is 19.1. The Bertz CT molecular complexity index is 939. The van der Waals surface area contributed by atoms with Crippen molar-refractivity contribution in [1.29, 1.82) is 0 Å². The third kappa shape index (κ3) is 9.36. The molecule has 0 spiro atoms. The summed E-state index contributed by atoms with van der Waals surface area (Å²) in [5.41, 5.74) is 0.0228. The van der Waals surface area contributed by atoms with Crippen LogP contribution in [0.15, 0.2) is 48.5 Å². The lowest BCUT2D eigenvalue weighted by molar-refractivity contribution is -0.137. The lowest BCUT2D eigenvalue weighted by Gasteiger charge is -2.29. The van der Waals surface area contributed by atoms with Gasteiger partial charge in [0.1, 0.15) is 0 Å². The van der Waals surface area contributed by atoms with Crippen molar-refractivity contribution in [2.24, 2.45) is 0 Å². The van der Waals surface area contributed by atoms with E-state index < -0.39 is 17.8 Å². The zero-order valence-corrected chi connectivity index (χ0v) is 20.7. The molecule has 3 N–H and O–H groups in total. The maximum Gasteiger partial charge on any atom is 0.416 e. The van der Waals surface area contributed by atoms with Crippen molar-refractivity contribution in [3.8, 4) is 0 Å². The van der Waals surface area contributed by atoms with Crippen molar-refractivity contribution in [2.75, 3.05) is 49.9 Å². The van der Waals surface area contributed by atoms with E-state index in [4.69, 9.17) is 23.8 Å². The first-order chi connectivity index (χ1) is 16.1. The van der Waals surface area contributed by atoms with E-state index in [0.29, 0.717) is 23.2 Å². The van der Waals surface area contributed by atoms with Gasteiger partial charge < -0.3 is 25.8 Å². The molecule has 0 fully saturated rings. The summed E-state index contributed by atoms with van der Waals surface area (Å²) in [5, 5.41) is 9.39. The molecule has 0 heterocycles. The van der Waals surface area contributed by atoms with Crippen molar-refractivity contribution < 1.29 is 18.0 Å². The number of halogens is 4. The van der Waals surface area contributed by atoms with Gasteiger partial charge in [0.2, 0.25) is 0 Å². The minimum absolute atomic E-state index is 0.0608. The number of nitrogens with one attached hydrogen (secondary N) is 3. The fourth-order valence-electron chi connectivity index (χ4n) is 3.11. The number of carbonyl (C=O) groups excluding carboxylic acids is 1. The van der Waals surface area contributed by atoms with Crippen LogP contribution >= 0.6 is 23.8 Å². The summed E-state index contributed by atoms with van der Waals surface area (Å²) >= 11 is 11.5. The SMILES string of the molecule is CCN(CC)CCN(CCNC(=O)Nc1cccc(C(F)(F)F)c1)C(=S)Nc1ccc(Cl)cc1. The van der Waals surface area contributed by atoms with E-state index >= 15 is 0 Å². The maximum absolute atomic E-state index is 12.9. The molecule has 0 aliphatic carbocycles. The summed E-state index contributed by atoms with van der Waals surface area (Å²) < 4.78 is 38.6. The van der Waals surface area contributed by atoms with Gasteiger partial charge in [-0.1, -0.05) is 31.5 Å². The van der Waals surface area contributed by atoms with Crippen molar-refractivity contribution in [1.82, 2.24) is 15.1 Å². The molecule has 0 aliphatic heterocycles. The highest BCUT2D eigenvalue weighted by molar-refractivity contribution is 7.80. The number of urea groups is 1. The topological polar surface area (TPSA) is 59.6 Å². The van der Waals surface area contributed by atoms with Gasteiger partial charge in [-0.05, 0) is 67.8 Å². The fraction of sp³-hybridized carbons (Fsp3) is 0.391. The van der Waals surface area contributed by atoms with E-state index in [1.54, 1.807) is 12.1 Å². The van der Waals surface area contributed by atoms with Crippen molar-refractivity contribution >= 4 is 46.3 Å². The van der Waals surface area contributed by atoms with Gasteiger partial charge in [-0.25, -0.2) is 4.79 Å². The summed E-state index contributed by atoms with van der Waals surface area (Å²) in [5.74, 6) is 0. The molecule has 0 bridgehead atoms. The van der Waals surface area contributed by atoms with Crippen LogP contribution in [0, 0.1) is 0 Å². The quantitative estimate of drug-likeness (QED) is 0.364.